The highest BCUT2D eigenvalue weighted by molar-refractivity contribution is 5.96. The molecule has 0 radical (unpaired) electrons. The second-order valence-corrected chi connectivity index (χ2v) is 5.46. The van der Waals surface area contributed by atoms with Crippen molar-refractivity contribution in [3.8, 4) is 0 Å². The molecule has 4 nitrogen and oxygen atoms in total. The number of carbonyl (C=O) groups excluding carboxylic acids is 2. The molecule has 0 spiro atoms. The minimum atomic E-state index is -0.0655. The Bertz CT molecular complexity index is 499. The van der Waals surface area contributed by atoms with Gasteiger partial charge in [-0.1, -0.05) is 25.5 Å². The Morgan fingerprint density at radius 2 is 2.20 bits per heavy atom. The van der Waals surface area contributed by atoms with E-state index in [9.17, 15) is 9.59 Å². The van der Waals surface area contributed by atoms with E-state index in [1.165, 1.54) is 19.8 Å². The van der Waals surface area contributed by atoms with Crippen LogP contribution in [0.25, 0.3) is 0 Å². The topological polar surface area (TPSA) is 49.4 Å². The van der Waals surface area contributed by atoms with E-state index in [1.54, 1.807) is 18.2 Å². The minimum Gasteiger partial charge on any atom is -0.324 e. The van der Waals surface area contributed by atoms with Crippen LogP contribution in [0.4, 0.5) is 10.5 Å². The first-order valence-electron chi connectivity index (χ1n) is 7.27. The maximum atomic E-state index is 12.2. The normalized spacial score (nSPS) is 18.1. The van der Waals surface area contributed by atoms with Crippen LogP contribution in [0.3, 0.4) is 0 Å². The number of Topliss-reactive ketones (excluding diaryl/α,β-unsaturated/α-hetero) is 1. The summed E-state index contributed by atoms with van der Waals surface area (Å²) in [5.41, 5.74) is 1.30. The number of anilines is 1. The van der Waals surface area contributed by atoms with Crippen LogP contribution >= 0.6 is 0 Å². The predicted octanol–water partition coefficient (Wildman–Crippen LogP) is 3.54. The Hall–Kier alpha value is -1.84. The van der Waals surface area contributed by atoms with Crippen LogP contribution in [0, 0.1) is 5.92 Å². The van der Waals surface area contributed by atoms with Gasteiger partial charge in [0.1, 0.15) is 0 Å². The number of ketones is 1. The lowest BCUT2D eigenvalue weighted by Gasteiger charge is -2.17. The molecule has 20 heavy (non-hydrogen) atoms. The van der Waals surface area contributed by atoms with Gasteiger partial charge in [-0.25, -0.2) is 4.79 Å². The van der Waals surface area contributed by atoms with Crippen LogP contribution in [0.15, 0.2) is 24.3 Å². The molecule has 2 amide bonds. The van der Waals surface area contributed by atoms with Crippen LogP contribution in [-0.4, -0.2) is 29.8 Å². The van der Waals surface area contributed by atoms with Crippen LogP contribution in [0.1, 0.15) is 43.5 Å². The average molecular weight is 274 g/mol. The number of rotatable bonds is 4. The van der Waals surface area contributed by atoms with Gasteiger partial charge in [0.25, 0.3) is 0 Å². The molecule has 0 aliphatic carbocycles. The van der Waals surface area contributed by atoms with E-state index >= 15 is 0 Å². The van der Waals surface area contributed by atoms with Gasteiger partial charge >= 0.3 is 6.03 Å². The zero-order valence-corrected chi connectivity index (χ0v) is 12.2. The van der Waals surface area contributed by atoms with Crippen LogP contribution in [-0.2, 0) is 0 Å². The number of hydrogen-bond acceptors (Lipinski definition) is 2. The van der Waals surface area contributed by atoms with Crippen molar-refractivity contribution >= 4 is 17.5 Å². The van der Waals surface area contributed by atoms with E-state index in [2.05, 4.69) is 12.2 Å². The first kappa shape index (κ1) is 14.6. The maximum absolute atomic E-state index is 12.2. The highest BCUT2D eigenvalue weighted by Crippen LogP contribution is 2.21. The molecule has 0 saturated carbocycles. The van der Waals surface area contributed by atoms with Crippen LogP contribution in [0.5, 0.6) is 0 Å². The molecule has 2 rings (SSSR count). The summed E-state index contributed by atoms with van der Waals surface area (Å²) in [6.07, 6.45) is 3.44. The third-order valence-electron chi connectivity index (χ3n) is 3.79. The van der Waals surface area contributed by atoms with E-state index < -0.39 is 0 Å². The number of hydrogen-bond donors (Lipinski definition) is 1. The molecule has 1 aliphatic rings. The summed E-state index contributed by atoms with van der Waals surface area (Å²) >= 11 is 0. The molecule has 1 N–H and O–H groups in total. The second-order valence-electron chi connectivity index (χ2n) is 5.46. The summed E-state index contributed by atoms with van der Waals surface area (Å²) in [5.74, 6) is 0.639. The van der Waals surface area contributed by atoms with E-state index in [-0.39, 0.29) is 11.8 Å². The molecular formula is C16H22N2O2. The summed E-state index contributed by atoms with van der Waals surface area (Å²) < 4.78 is 0. The minimum absolute atomic E-state index is 0.00489. The molecular weight excluding hydrogens is 252 g/mol. The Balaban J connectivity index is 1.95. The van der Waals surface area contributed by atoms with Gasteiger partial charge in [-0.2, -0.15) is 0 Å². The molecule has 1 aliphatic heterocycles. The number of nitrogens with one attached hydrogen (secondary N) is 1. The quantitative estimate of drug-likeness (QED) is 0.854. The van der Waals surface area contributed by atoms with Crippen molar-refractivity contribution < 1.29 is 9.59 Å². The molecule has 1 unspecified atom stereocenters. The molecule has 4 heteroatoms. The van der Waals surface area contributed by atoms with Crippen molar-refractivity contribution in [1.29, 1.82) is 0 Å². The first-order chi connectivity index (χ1) is 9.60. The average Bonchev–Trinajstić information content (AvgIpc) is 2.88. The van der Waals surface area contributed by atoms with E-state index in [0.29, 0.717) is 17.2 Å². The molecule has 1 saturated heterocycles. The lowest BCUT2D eigenvalue weighted by atomic mass is 10.0. The molecule has 1 aromatic carbocycles. The fourth-order valence-corrected chi connectivity index (χ4v) is 2.68. The van der Waals surface area contributed by atoms with E-state index in [1.807, 2.05) is 11.0 Å². The zero-order valence-electron chi connectivity index (χ0n) is 12.2. The van der Waals surface area contributed by atoms with Crippen molar-refractivity contribution in [1.82, 2.24) is 4.90 Å². The lowest BCUT2D eigenvalue weighted by Crippen LogP contribution is -2.33. The van der Waals surface area contributed by atoms with Crippen LogP contribution in [0.2, 0.25) is 0 Å². The van der Waals surface area contributed by atoms with E-state index in [0.717, 1.165) is 19.5 Å². The van der Waals surface area contributed by atoms with Gasteiger partial charge in [-0.3, -0.25) is 4.79 Å². The van der Waals surface area contributed by atoms with Gasteiger partial charge in [0.05, 0.1) is 0 Å². The van der Waals surface area contributed by atoms with Gasteiger partial charge in [0.2, 0.25) is 0 Å². The van der Waals surface area contributed by atoms with Crippen molar-refractivity contribution in [2.24, 2.45) is 5.92 Å². The summed E-state index contributed by atoms with van der Waals surface area (Å²) in [6, 6.07) is 7.01. The standard InChI is InChI=1S/C16H22N2O2/c1-3-5-13-8-9-18(11-13)16(20)17-15-7-4-6-14(10-15)12(2)19/h4,6-7,10,13H,3,5,8-9,11H2,1-2H3,(H,17,20). The monoisotopic (exact) mass is 274 g/mol. The predicted molar refractivity (Wildman–Crippen MR) is 80.1 cm³/mol. The number of urea groups is 1. The Morgan fingerprint density at radius 3 is 2.90 bits per heavy atom. The van der Waals surface area contributed by atoms with Crippen molar-refractivity contribution in [3.63, 3.8) is 0 Å². The summed E-state index contributed by atoms with van der Waals surface area (Å²) in [4.78, 5) is 25.4. The van der Waals surface area contributed by atoms with Crippen molar-refractivity contribution in [2.75, 3.05) is 18.4 Å². The highest BCUT2D eigenvalue weighted by Gasteiger charge is 2.25. The maximum Gasteiger partial charge on any atom is 0.321 e. The second kappa shape index (κ2) is 6.55. The fourth-order valence-electron chi connectivity index (χ4n) is 2.68. The number of likely N-dealkylation sites (tertiary alicyclic amines) is 1. The molecule has 0 bridgehead atoms. The van der Waals surface area contributed by atoms with Crippen LogP contribution < -0.4 is 5.32 Å². The summed E-state index contributed by atoms with van der Waals surface area (Å²) in [5, 5.41) is 2.88. The highest BCUT2D eigenvalue weighted by atomic mass is 16.2. The Morgan fingerprint density at radius 1 is 1.40 bits per heavy atom. The van der Waals surface area contributed by atoms with Crippen molar-refractivity contribution in [2.45, 2.75) is 33.1 Å². The summed E-state index contributed by atoms with van der Waals surface area (Å²) in [7, 11) is 0. The molecule has 0 aromatic heterocycles. The van der Waals surface area contributed by atoms with E-state index in [4.69, 9.17) is 0 Å². The summed E-state index contributed by atoms with van der Waals surface area (Å²) in [6.45, 7) is 5.36. The molecule has 1 aromatic rings. The lowest BCUT2D eigenvalue weighted by molar-refractivity contribution is 0.101. The number of benzene rings is 1. The Labute approximate surface area is 120 Å². The number of nitrogens with zero attached hydrogens (tertiary/aromatic N) is 1. The van der Waals surface area contributed by atoms with Gasteiger partial charge in [0, 0.05) is 24.3 Å². The zero-order chi connectivity index (χ0) is 14.5. The van der Waals surface area contributed by atoms with Crippen molar-refractivity contribution in [3.05, 3.63) is 29.8 Å². The number of carbonyl (C=O) groups is 2. The fraction of sp³-hybridized carbons (Fsp3) is 0.500. The Kier molecular flexibility index (Phi) is 4.77. The third kappa shape index (κ3) is 3.59. The SMILES string of the molecule is CCCC1CCN(C(=O)Nc2cccc(C(C)=O)c2)C1. The molecule has 1 heterocycles. The molecule has 108 valence electrons. The van der Waals surface area contributed by atoms with Gasteiger partial charge < -0.3 is 10.2 Å². The largest absolute Gasteiger partial charge is 0.324 e. The first-order valence-corrected chi connectivity index (χ1v) is 7.27. The van der Waals surface area contributed by atoms with Gasteiger partial charge in [-0.05, 0) is 37.8 Å². The molecule has 1 atom stereocenters. The van der Waals surface area contributed by atoms with Gasteiger partial charge in [0.15, 0.2) is 5.78 Å². The molecule has 1 fully saturated rings. The number of amides is 2. The smallest absolute Gasteiger partial charge is 0.321 e. The third-order valence-corrected chi connectivity index (χ3v) is 3.79. The van der Waals surface area contributed by atoms with Gasteiger partial charge in [-0.15, -0.1) is 0 Å².